The van der Waals surface area contributed by atoms with Gasteiger partial charge in [0.25, 0.3) is 0 Å². The second-order valence-electron chi connectivity index (χ2n) is 4.73. The van der Waals surface area contributed by atoms with E-state index in [1.807, 2.05) is 30.2 Å². The molecule has 0 amide bonds. The monoisotopic (exact) mass is 296 g/mol. The lowest BCUT2D eigenvalue weighted by Gasteiger charge is -2.09. The van der Waals surface area contributed by atoms with E-state index in [0.29, 0.717) is 5.75 Å². The van der Waals surface area contributed by atoms with E-state index < -0.39 is 0 Å². The number of hydrogen-bond acceptors (Lipinski definition) is 4. The first kappa shape index (κ1) is 13.9. The van der Waals surface area contributed by atoms with Crippen molar-refractivity contribution >= 4 is 22.7 Å². The molecule has 0 aliphatic carbocycles. The summed E-state index contributed by atoms with van der Waals surface area (Å²) in [6, 6.07) is 10.7. The van der Waals surface area contributed by atoms with Crippen molar-refractivity contribution in [2.75, 3.05) is 13.4 Å². The van der Waals surface area contributed by atoms with Crippen molar-refractivity contribution < 1.29 is 4.74 Å². The maximum atomic E-state index is 5.34. The van der Waals surface area contributed by atoms with Crippen LogP contribution in [0.15, 0.2) is 48.9 Å². The van der Waals surface area contributed by atoms with Crippen molar-refractivity contribution in [2.24, 2.45) is 0 Å². The van der Waals surface area contributed by atoms with Gasteiger partial charge in [-0.25, -0.2) is 0 Å². The lowest BCUT2D eigenvalue weighted by molar-refractivity contribution is 0.417. The number of aromatic nitrogens is 2. The van der Waals surface area contributed by atoms with Crippen molar-refractivity contribution in [3.63, 3.8) is 0 Å². The van der Waals surface area contributed by atoms with E-state index in [-0.39, 0.29) is 0 Å². The molecule has 2 aromatic heterocycles. The highest BCUT2D eigenvalue weighted by Crippen LogP contribution is 2.31. The molecule has 0 saturated heterocycles. The van der Waals surface area contributed by atoms with Gasteiger partial charge >= 0.3 is 0 Å². The first-order chi connectivity index (χ1) is 10.3. The van der Waals surface area contributed by atoms with Crippen molar-refractivity contribution in [2.45, 2.75) is 5.75 Å². The quantitative estimate of drug-likeness (QED) is 0.724. The van der Waals surface area contributed by atoms with Crippen LogP contribution in [0.4, 0.5) is 0 Å². The smallest absolute Gasteiger partial charge is 0.163 e. The molecule has 0 unspecified atom stereocenters. The highest BCUT2D eigenvalue weighted by molar-refractivity contribution is 7.97. The average Bonchev–Trinajstić information content (AvgIpc) is 2.55. The third-order valence-electron chi connectivity index (χ3n) is 3.41. The van der Waals surface area contributed by atoms with Gasteiger partial charge in [0.15, 0.2) is 5.75 Å². The minimum atomic E-state index is 0.702. The van der Waals surface area contributed by atoms with Crippen LogP contribution in [-0.2, 0) is 5.75 Å². The molecule has 0 aliphatic heterocycles. The van der Waals surface area contributed by atoms with Crippen LogP contribution in [0, 0.1) is 0 Å². The van der Waals surface area contributed by atoms with E-state index in [9.17, 15) is 0 Å². The molecule has 0 spiro atoms. The predicted molar refractivity (Wildman–Crippen MR) is 88.7 cm³/mol. The van der Waals surface area contributed by atoms with Gasteiger partial charge in [-0.3, -0.25) is 9.97 Å². The molecule has 0 aliphatic rings. The summed E-state index contributed by atoms with van der Waals surface area (Å²) in [6.07, 6.45) is 7.47. The maximum absolute atomic E-state index is 5.34. The predicted octanol–water partition coefficient (Wildman–Crippen LogP) is 4.17. The van der Waals surface area contributed by atoms with E-state index in [0.717, 1.165) is 22.2 Å². The summed E-state index contributed by atoms with van der Waals surface area (Å²) in [6.45, 7) is 0. The van der Waals surface area contributed by atoms with Crippen LogP contribution in [0.2, 0.25) is 0 Å². The Kier molecular flexibility index (Phi) is 4.06. The van der Waals surface area contributed by atoms with Crippen LogP contribution < -0.4 is 4.74 Å². The first-order valence-corrected chi connectivity index (χ1v) is 8.08. The van der Waals surface area contributed by atoms with Gasteiger partial charge in [0, 0.05) is 23.5 Å². The third-order valence-corrected chi connectivity index (χ3v) is 4.04. The van der Waals surface area contributed by atoms with E-state index >= 15 is 0 Å². The summed E-state index contributed by atoms with van der Waals surface area (Å²) in [5.41, 5.74) is 4.47. The number of benzene rings is 1. The number of methoxy groups -OCH3 is 1. The summed E-state index contributed by atoms with van der Waals surface area (Å²) in [7, 11) is 1.64. The van der Waals surface area contributed by atoms with Crippen LogP contribution in [0.3, 0.4) is 0 Å². The average molecular weight is 296 g/mol. The molecule has 1 aromatic carbocycles. The van der Waals surface area contributed by atoms with Gasteiger partial charge in [-0.2, -0.15) is 11.8 Å². The van der Waals surface area contributed by atoms with Gasteiger partial charge in [-0.05, 0) is 29.0 Å². The minimum absolute atomic E-state index is 0.702. The number of fused-ring (bicyclic) bond motifs is 1. The standard InChI is InChI=1S/C17H16N2OS/c1-20-16-10-18-9-15-14(7-8-19-17(15)16)13-5-3-12(4-6-13)11-21-2/h3-10H,11H2,1-2H3. The third kappa shape index (κ3) is 2.72. The molecule has 21 heavy (non-hydrogen) atoms. The fourth-order valence-electron chi connectivity index (χ4n) is 2.39. The van der Waals surface area contributed by atoms with Gasteiger partial charge in [-0.1, -0.05) is 24.3 Å². The zero-order valence-corrected chi connectivity index (χ0v) is 12.9. The number of nitrogens with zero attached hydrogens (tertiary/aromatic N) is 2. The summed E-state index contributed by atoms with van der Waals surface area (Å²) in [4.78, 5) is 8.67. The molecule has 0 bridgehead atoms. The van der Waals surface area contributed by atoms with Crippen molar-refractivity contribution in [1.29, 1.82) is 0 Å². The molecular formula is C17H16N2OS. The van der Waals surface area contributed by atoms with E-state index in [4.69, 9.17) is 4.74 Å². The molecule has 2 heterocycles. The fourth-order valence-corrected chi connectivity index (χ4v) is 2.91. The Morgan fingerprint density at radius 1 is 1.10 bits per heavy atom. The summed E-state index contributed by atoms with van der Waals surface area (Å²) in [5.74, 6) is 1.74. The Morgan fingerprint density at radius 3 is 2.62 bits per heavy atom. The van der Waals surface area contributed by atoms with Crippen LogP contribution in [0.25, 0.3) is 22.0 Å². The fraction of sp³-hybridized carbons (Fsp3) is 0.176. The van der Waals surface area contributed by atoms with Gasteiger partial charge in [0.2, 0.25) is 0 Å². The lowest BCUT2D eigenvalue weighted by atomic mass is 10.0. The van der Waals surface area contributed by atoms with Crippen molar-refractivity contribution in [3.05, 3.63) is 54.5 Å². The molecule has 3 aromatic rings. The topological polar surface area (TPSA) is 35.0 Å². The summed E-state index contributed by atoms with van der Waals surface area (Å²) < 4.78 is 5.34. The molecule has 0 saturated carbocycles. The summed E-state index contributed by atoms with van der Waals surface area (Å²) >= 11 is 1.83. The molecule has 0 atom stereocenters. The van der Waals surface area contributed by atoms with Crippen molar-refractivity contribution in [1.82, 2.24) is 9.97 Å². The van der Waals surface area contributed by atoms with Gasteiger partial charge in [-0.15, -0.1) is 0 Å². The molecule has 4 heteroatoms. The second kappa shape index (κ2) is 6.14. The zero-order chi connectivity index (χ0) is 14.7. The Labute approximate surface area is 128 Å². The second-order valence-corrected chi connectivity index (χ2v) is 5.59. The number of rotatable bonds is 4. The number of ether oxygens (including phenoxy) is 1. The molecule has 3 nitrogen and oxygen atoms in total. The molecule has 106 valence electrons. The van der Waals surface area contributed by atoms with Crippen molar-refractivity contribution in [3.8, 4) is 16.9 Å². The van der Waals surface area contributed by atoms with E-state index in [1.165, 1.54) is 11.1 Å². The van der Waals surface area contributed by atoms with E-state index in [2.05, 4.69) is 40.5 Å². The summed E-state index contributed by atoms with van der Waals surface area (Å²) in [5, 5.41) is 1.01. The number of thioether (sulfide) groups is 1. The molecule has 3 rings (SSSR count). The Bertz CT molecular complexity index is 756. The lowest BCUT2D eigenvalue weighted by Crippen LogP contribution is -1.91. The highest BCUT2D eigenvalue weighted by atomic mass is 32.2. The molecule has 0 N–H and O–H groups in total. The van der Waals surface area contributed by atoms with Gasteiger partial charge in [0.05, 0.1) is 13.3 Å². The van der Waals surface area contributed by atoms with Crippen LogP contribution in [0.1, 0.15) is 5.56 Å². The molecule has 0 fully saturated rings. The largest absolute Gasteiger partial charge is 0.493 e. The highest BCUT2D eigenvalue weighted by Gasteiger charge is 2.09. The van der Waals surface area contributed by atoms with E-state index in [1.54, 1.807) is 13.3 Å². The van der Waals surface area contributed by atoms with Crippen LogP contribution in [-0.4, -0.2) is 23.3 Å². The Morgan fingerprint density at radius 2 is 1.90 bits per heavy atom. The first-order valence-electron chi connectivity index (χ1n) is 6.68. The molecular weight excluding hydrogens is 280 g/mol. The Balaban J connectivity index is 2.12. The van der Waals surface area contributed by atoms with Crippen LogP contribution in [0.5, 0.6) is 5.75 Å². The number of pyridine rings is 2. The SMILES string of the molecule is COc1cncc2c(-c3ccc(CSC)cc3)ccnc12. The van der Waals surface area contributed by atoms with Gasteiger partial charge < -0.3 is 4.74 Å². The Hall–Kier alpha value is -2.07. The van der Waals surface area contributed by atoms with Gasteiger partial charge in [0.1, 0.15) is 5.52 Å². The minimum Gasteiger partial charge on any atom is -0.493 e. The normalized spacial score (nSPS) is 10.8. The zero-order valence-electron chi connectivity index (χ0n) is 12.0. The molecule has 0 radical (unpaired) electrons. The number of hydrogen-bond donors (Lipinski definition) is 0. The van der Waals surface area contributed by atoms with Crippen LogP contribution >= 0.6 is 11.8 Å². The maximum Gasteiger partial charge on any atom is 0.163 e.